The van der Waals surface area contributed by atoms with Crippen molar-refractivity contribution >= 4 is 9.84 Å². The molecule has 4 heteroatoms. The first-order chi connectivity index (χ1) is 8.61. The number of rotatable bonds is 8. The first-order valence-electron chi connectivity index (χ1n) is 6.58. The van der Waals surface area contributed by atoms with Crippen LogP contribution in [0, 0.1) is 0 Å². The van der Waals surface area contributed by atoms with Crippen LogP contribution in [0.2, 0.25) is 0 Å². The normalized spacial score (nSPS) is 13.4. The largest absolute Gasteiger partial charge is 0.330 e. The zero-order chi connectivity index (χ0) is 13.4. The van der Waals surface area contributed by atoms with Gasteiger partial charge in [0, 0.05) is 0 Å². The molecule has 0 fully saturated rings. The Kier molecular flexibility index (Phi) is 6.36. The summed E-state index contributed by atoms with van der Waals surface area (Å²) in [4.78, 5) is 0. The molecule has 1 atom stereocenters. The second-order valence-electron chi connectivity index (χ2n) is 4.55. The van der Waals surface area contributed by atoms with Crippen LogP contribution in [0.25, 0.3) is 0 Å². The number of hydrogen-bond donors (Lipinski definition) is 1. The predicted molar refractivity (Wildman–Crippen MR) is 76.2 cm³/mol. The molecule has 0 aliphatic heterocycles. The van der Waals surface area contributed by atoms with Gasteiger partial charge < -0.3 is 5.73 Å². The maximum absolute atomic E-state index is 12.3. The van der Waals surface area contributed by atoms with Gasteiger partial charge in [-0.05, 0) is 24.9 Å². The number of sulfone groups is 1. The van der Waals surface area contributed by atoms with Crippen molar-refractivity contribution in [2.24, 2.45) is 5.73 Å². The molecule has 0 saturated heterocycles. The molecule has 1 aromatic rings. The Morgan fingerprint density at radius 2 is 1.83 bits per heavy atom. The fraction of sp³-hybridized carbons (Fsp3) is 0.571. The van der Waals surface area contributed by atoms with Crippen LogP contribution in [0.3, 0.4) is 0 Å². The fourth-order valence-electron chi connectivity index (χ4n) is 2.07. The van der Waals surface area contributed by atoms with Crippen molar-refractivity contribution in [1.82, 2.24) is 0 Å². The maximum atomic E-state index is 12.3. The van der Waals surface area contributed by atoms with Crippen molar-refractivity contribution in [3.05, 3.63) is 35.9 Å². The maximum Gasteiger partial charge on any atom is 0.157 e. The van der Waals surface area contributed by atoms with E-state index in [1.807, 2.05) is 30.3 Å². The lowest BCUT2D eigenvalue weighted by Gasteiger charge is -2.17. The second kappa shape index (κ2) is 7.54. The third-order valence-electron chi connectivity index (χ3n) is 3.07. The standard InChI is InChI=1S/C14H23NO2S/c1-2-3-7-12-18(16,17)14(10-11-15)13-8-5-4-6-9-13/h4-6,8-9,14H,2-3,7,10-12,15H2,1H3. The van der Waals surface area contributed by atoms with E-state index in [9.17, 15) is 8.42 Å². The van der Waals surface area contributed by atoms with Gasteiger partial charge in [0.25, 0.3) is 0 Å². The van der Waals surface area contributed by atoms with Gasteiger partial charge in [0.05, 0.1) is 11.0 Å². The highest BCUT2D eigenvalue weighted by atomic mass is 32.2. The van der Waals surface area contributed by atoms with E-state index in [1.165, 1.54) is 0 Å². The predicted octanol–water partition coefficient (Wildman–Crippen LogP) is 2.68. The highest BCUT2D eigenvalue weighted by Gasteiger charge is 2.25. The second-order valence-corrected chi connectivity index (χ2v) is 6.85. The summed E-state index contributed by atoms with van der Waals surface area (Å²) in [7, 11) is -3.09. The first-order valence-corrected chi connectivity index (χ1v) is 8.30. The zero-order valence-electron chi connectivity index (χ0n) is 11.0. The average molecular weight is 269 g/mol. The lowest BCUT2D eigenvalue weighted by Crippen LogP contribution is -2.20. The van der Waals surface area contributed by atoms with Gasteiger partial charge in [-0.15, -0.1) is 0 Å². The monoisotopic (exact) mass is 269 g/mol. The number of benzene rings is 1. The average Bonchev–Trinajstić information content (AvgIpc) is 2.37. The highest BCUT2D eigenvalue weighted by molar-refractivity contribution is 7.91. The van der Waals surface area contributed by atoms with Crippen LogP contribution in [0.15, 0.2) is 30.3 Å². The molecule has 18 heavy (non-hydrogen) atoms. The van der Waals surface area contributed by atoms with E-state index in [4.69, 9.17) is 5.73 Å². The van der Waals surface area contributed by atoms with Gasteiger partial charge in [0.2, 0.25) is 0 Å². The van der Waals surface area contributed by atoms with Crippen LogP contribution >= 0.6 is 0 Å². The molecule has 102 valence electrons. The fourth-order valence-corrected chi connectivity index (χ4v) is 4.03. The van der Waals surface area contributed by atoms with E-state index < -0.39 is 15.1 Å². The van der Waals surface area contributed by atoms with Crippen molar-refractivity contribution in [3.63, 3.8) is 0 Å². The van der Waals surface area contributed by atoms with E-state index >= 15 is 0 Å². The molecule has 3 nitrogen and oxygen atoms in total. The summed E-state index contributed by atoms with van der Waals surface area (Å²) in [5.41, 5.74) is 6.41. The molecule has 0 radical (unpaired) electrons. The quantitative estimate of drug-likeness (QED) is 0.738. The molecule has 1 rings (SSSR count). The topological polar surface area (TPSA) is 60.2 Å². The molecule has 0 aromatic heterocycles. The molecular formula is C14H23NO2S. The Morgan fingerprint density at radius 3 is 2.39 bits per heavy atom. The number of nitrogens with two attached hydrogens (primary N) is 1. The highest BCUT2D eigenvalue weighted by Crippen LogP contribution is 2.26. The van der Waals surface area contributed by atoms with Crippen LogP contribution in [0.1, 0.15) is 43.4 Å². The van der Waals surface area contributed by atoms with E-state index in [-0.39, 0.29) is 5.75 Å². The molecule has 0 aliphatic carbocycles. The molecule has 1 aromatic carbocycles. The lowest BCUT2D eigenvalue weighted by atomic mass is 10.1. The van der Waals surface area contributed by atoms with Gasteiger partial charge in [0.1, 0.15) is 0 Å². The van der Waals surface area contributed by atoms with E-state index in [1.54, 1.807) is 0 Å². The van der Waals surface area contributed by atoms with Crippen molar-refractivity contribution in [2.75, 3.05) is 12.3 Å². The molecule has 0 spiro atoms. The Labute approximate surface area is 110 Å². The van der Waals surface area contributed by atoms with Crippen molar-refractivity contribution in [3.8, 4) is 0 Å². The number of unbranched alkanes of at least 4 members (excludes halogenated alkanes) is 2. The van der Waals surface area contributed by atoms with Crippen LogP contribution in [0.5, 0.6) is 0 Å². The van der Waals surface area contributed by atoms with E-state index in [0.29, 0.717) is 13.0 Å². The minimum atomic E-state index is -3.09. The van der Waals surface area contributed by atoms with Crippen LogP contribution < -0.4 is 5.73 Å². The first kappa shape index (κ1) is 15.2. The minimum Gasteiger partial charge on any atom is -0.330 e. The summed E-state index contributed by atoms with van der Waals surface area (Å²) in [5.74, 6) is 0.264. The smallest absolute Gasteiger partial charge is 0.157 e. The summed E-state index contributed by atoms with van der Waals surface area (Å²) in [6.45, 7) is 2.47. The Bertz CT molecular complexity index is 428. The molecule has 1 unspecified atom stereocenters. The Balaban J connectivity index is 2.84. The molecule has 2 N–H and O–H groups in total. The van der Waals surface area contributed by atoms with Crippen molar-refractivity contribution in [2.45, 2.75) is 37.9 Å². The summed E-state index contributed by atoms with van der Waals surface area (Å²) in [6, 6.07) is 9.39. The summed E-state index contributed by atoms with van der Waals surface area (Å²) in [5, 5.41) is -0.444. The summed E-state index contributed by atoms with van der Waals surface area (Å²) in [6.07, 6.45) is 3.23. The van der Waals surface area contributed by atoms with Crippen LogP contribution in [0.4, 0.5) is 0 Å². The van der Waals surface area contributed by atoms with E-state index in [2.05, 4.69) is 6.92 Å². The molecule has 0 heterocycles. The van der Waals surface area contributed by atoms with Gasteiger partial charge in [-0.2, -0.15) is 0 Å². The number of hydrogen-bond acceptors (Lipinski definition) is 3. The van der Waals surface area contributed by atoms with Gasteiger partial charge in [0.15, 0.2) is 9.84 Å². The van der Waals surface area contributed by atoms with E-state index in [0.717, 1.165) is 24.8 Å². The van der Waals surface area contributed by atoms with Gasteiger partial charge >= 0.3 is 0 Å². The minimum absolute atomic E-state index is 0.264. The zero-order valence-corrected chi connectivity index (χ0v) is 11.8. The van der Waals surface area contributed by atoms with Gasteiger partial charge in [-0.1, -0.05) is 50.1 Å². The van der Waals surface area contributed by atoms with Crippen LogP contribution in [-0.4, -0.2) is 20.7 Å². The summed E-state index contributed by atoms with van der Waals surface area (Å²) >= 11 is 0. The molecule has 0 amide bonds. The van der Waals surface area contributed by atoms with Crippen molar-refractivity contribution in [1.29, 1.82) is 0 Å². The van der Waals surface area contributed by atoms with Crippen molar-refractivity contribution < 1.29 is 8.42 Å². The van der Waals surface area contributed by atoms with Gasteiger partial charge in [-0.25, -0.2) is 8.42 Å². The molecule has 0 saturated carbocycles. The lowest BCUT2D eigenvalue weighted by molar-refractivity contribution is 0.571. The van der Waals surface area contributed by atoms with Gasteiger partial charge in [-0.3, -0.25) is 0 Å². The third-order valence-corrected chi connectivity index (χ3v) is 5.30. The Morgan fingerprint density at radius 1 is 1.17 bits per heavy atom. The molecule has 0 aliphatic rings. The third kappa shape index (κ3) is 4.42. The Hall–Kier alpha value is -0.870. The summed E-state index contributed by atoms with van der Waals surface area (Å²) < 4.78 is 24.7. The molecular weight excluding hydrogens is 246 g/mol. The molecule has 0 bridgehead atoms. The van der Waals surface area contributed by atoms with Crippen LogP contribution in [-0.2, 0) is 9.84 Å². The SMILES string of the molecule is CCCCCS(=O)(=O)C(CCN)c1ccccc1.